The second-order valence-electron chi connectivity index (χ2n) is 40.9. The third-order valence-electron chi connectivity index (χ3n) is 26.2. The van der Waals surface area contributed by atoms with Gasteiger partial charge in [-0.1, -0.05) is 141 Å². The van der Waals surface area contributed by atoms with E-state index >= 15 is 0 Å². The fourth-order valence-electron chi connectivity index (χ4n) is 16.7. The molecule has 144 heavy (non-hydrogen) atoms. The lowest BCUT2D eigenvalue weighted by Crippen LogP contribution is -2.46. The van der Waals surface area contributed by atoms with Crippen LogP contribution in [0.5, 0.6) is 0 Å². The van der Waals surface area contributed by atoms with Crippen LogP contribution in [0.1, 0.15) is 225 Å². The van der Waals surface area contributed by atoms with E-state index in [2.05, 4.69) is 191 Å². The molecule has 0 spiro atoms. The van der Waals surface area contributed by atoms with Crippen molar-refractivity contribution >= 4 is 136 Å². The molecule has 9 heterocycles. The first kappa shape index (κ1) is 113. The highest BCUT2D eigenvalue weighted by Crippen LogP contribution is 2.44. The summed E-state index contributed by atoms with van der Waals surface area (Å²) in [6.07, 6.45) is 13.9. The number of ether oxygens (including phenoxy) is 7. The monoisotopic (exact) mass is 2090 g/mol. The zero-order chi connectivity index (χ0) is 106. The van der Waals surface area contributed by atoms with E-state index in [1.807, 2.05) is 226 Å². The maximum atomic E-state index is 12.0. The Morgan fingerprint density at radius 3 is 1.13 bits per heavy atom. The smallest absolute Gasteiger partial charge is 0.444 e. The number of nitrogens with zero attached hydrogens (tertiary/aromatic N) is 11. The number of nitriles is 4. The van der Waals surface area contributed by atoms with Crippen molar-refractivity contribution in [3.05, 3.63) is 235 Å². The van der Waals surface area contributed by atoms with Crippen LogP contribution in [0.25, 0.3) is 22.1 Å². The van der Waals surface area contributed by atoms with E-state index in [0.29, 0.717) is 78.5 Å². The van der Waals surface area contributed by atoms with Crippen LogP contribution < -0.4 is 43.1 Å². The molecular weight excluding hydrogens is 1950 g/mol. The number of carbonyl (C=O) groups excluding carboxylic acids is 3. The lowest BCUT2D eigenvalue weighted by atomic mass is 9.75. The van der Waals surface area contributed by atoms with Gasteiger partial charge in [0.2, 0.25) is 0 Å². The van der Waals surface area contributed by atoms with E-state index in [0.717, 1.165) is 161 Å². The molecule has 3 amide bonds. The average molecular weight is 2090 g/mol. The number of hydrogen-bond acceptors (Lipinski definition) is 24. The highest BCUT2D eigenvalue weighted by Gasteiger charge is 2.52. The number of halogens is 2. The second kappa shape index (κ2) is 49.4. The molecule has 16 rings (SSSR count). The molecule has 5 aliphatic rings. The summed E-state index contributed by atoms with van der Waals surface area (Å²) in [5, 5.41) is 48.1. The predicted octanol–water partition coefficient (Wildman–Crippen LogP) is 23.6. The zero-order valence-corrected chi connectivity index (χ0v) is 91.0. The van der Waals surface area contributed by atoms with E-state index in [-0.39, 0.29) is 32.9 Å². The number of carbonyl (C=O) groups is 3. The number of hydrogen-bond donors (Lipinski definition) is 6. The van der Waals surface area contributed by atoms with Crippen LogP contribution in [0, 0.1) is 45.3 Å². The first-order valence-electron chi connectivity index (χ1n) is 49.1. The number of aryl methyl sites for hydroxylation is 9. The van der Waals surface area contributed by atoms with Gasteiger partial charge in [0.05, 0.1) is 146 Å². The van der Waals surface area contributed by atoms with Gasteiger partial charge in [-0.3, -0.25) is 16.0 Å². The van der Waals surface area contributed by atoms with Gasteiger partial charge in [-0.2, -0.15) is 21.0 Å². The first-order valence-corrected chi connectivity index (χ1v) is 50.7. The number of aromatic nitrogens is 6. The summed E-state index contributed by atoms with van der Waals surface area (Å²) >= 11 is 6.79. The average Bonchev–Trinajstić information content (AvgIpc) is 1.67. The Labute approximate surface area is 866 Å². The van der Waals surface area contributed by atoms with Gasteiger partial charge in [0.1, 0.15) is 39.5 Å². The van der Waals surface area contributed by atoms with Crippen LogP contribution in [0.15, 0.2) is 174 Å². The van der Waals surface area contributed by atoms with Crippen LogP contribution in [0.4, 0.5) is 65.8 Å². The van der Waals surface area contributed by atoms with E-state index in [9.17, 15) is 19.6 Å². The molecule has 0 bridgehead atoms. The topological polar surface area (TPSA) is 394 Å². The molecule has 29 nitrogen and oxygen atoms in total. The van der Waals surface area contributed by atoms with Crippen LogP contribution in [0.3, 0.4) is 0 Å². The summed E-state index contributed by atoms with van der Waals surface area (Å²) in [5.41, 5.74) is 32.2. The second-order valence-corrected chi connectivity index (χ2v) is 42.8. The van der Waals surface area contributed by atoms with E-state index in [1.165, 1.54) is 33.4 Å². The van der Waals surface area contributed by atoms with Crippen LogP contribution in [-0.2, 0) is 123 Å². The molecule has 8 N–H and O–H groups in total. The third-order valence-corrected chi connectivity index (χ3v) is 27.1. The molecular formula is C112H142BBr2N17O12. The Balaban J connectivity index is 0.000000175. The SMILES string of the molecule is CCc1cc(B2OC(C)(C)C(C)(C)O2)ccc1NC(=O)OC(C)(C)C.CCc1cc(Br)ccc1N.CCc1cc(Br)ccc1NC(=O)OC(C)(C)C.CCc1cc(C2(CC#N)COC2)ccc1N.CCc1cc(C2(CC#N)COC2)ccc1N(C)c1cc2c(cn1)ncn2C.CCc1cc(C2(CC#N)COC2)ccc1NC(=O)OC(C)(C)C.CCc1cc(C2(CC#N)COC2)ccc1Nc1cc2c(cn1)ncn2C. The third kappa shape index (κ3) is 29.2. The molecule has 0 radical (unpaired) electrons. The molecule has 11 aromatic rings. The standard InChI is InChI=1S/C21H23N5O.C20H21N5O.C19H30BNO4.C18H24N2O3.C13H18BrNO2.C13H16N2O.C8H10BrN/c1-4-15-9-16(21(7-8-22)12-27-13-21)5-6-18(15)26(3)20-10-19-17(11-23-20)24-14-25(19)2;1-3-14-8-15(20(6-7-21)11-26-12-20)4-5-16(14)24-19-9-18-17(10-22-19)23-13-25(18)2;1-9-13-12-14(20-24-18(5,6)19(7,8)25-20)10-11-15(13)21-16(22)23-17(2,3)4;1-5-13-10-14(18(8-9-19)11-22-12-18)6-7-15(13)20-16(21)23-17(2,3)4;1-5-9-8-10(14)6-7-11(9)15-12(16)17-13(2,3)4;1-2-10-7-11(3-4-12(10)15)13(5-6-14)8-16-9-13;1-2-6-5-7(9)3-4-8(6)10/h5-6,9-11,14H,4,7,12-13H2,1-3H3;4-5,8-10,13H,3,6,11-12H2,1-2H3,(H,22,24);10-12H,9H2,1-8H3,(H,21,22);6-7,10H,5,8,11-12H2,1-4H3,(H,20,21);6-8H,5H2,1-4H3,(H,15,16);3-4,7H,2,5,8-9,15H2,1H3;3-5H,2,10H2,1H3. The first-order chi connectivity index (χ1) is 68.1. The van der Waals surface area contributed by atoms with Crippen molar-refractivity contribution in [1.29, 1.82) is 21.0 Å². The molecule has 5 fully saturated rings. The van der Waals surface area contributed by atoms with E-state index in [1.54, 1.807) is 18.9 Å². The van der Waals surface area contributed by atoms with E-state index in [4.69, 9.17) is 69.7 Å². The molecule has 4 aromatic heterocycles. The molecule has 0 atom stereocenters. The molecule has 32 heteroatoms. The maximum Gasteiger partial charge on any atom is 0.494 e. The predicted molar refractivity (Wildman–Crippen MR) is 580 cm³/mol. The number of nitrogens with one attached hydrogen (secondary N) is 4. The van der Waals surface area contributed by atoms with Gasteiger partial charge in [-0.05, 0) is 268 Å². The molecule has 7 aromatic carbocycles. The Morgan fingerprint density at radius 1 is 0.424 bits per heavy atom. The van der Waals surface area contributed by atoms with Crippen molar-refractivity contribution < 1.29 is 56.9 Å². The molecule has 0 saturated carbocycles. The van der Waals surface area contributed by atoms with Crippen molar-refractivity contribution in [2.75, 3.05) is 97.5 Å². The number of nitrogen functional groups attached to an aromatic ring is 2. The number of nitrogens with two attached hydrogens (primary N) is 2. The zero-order valence-electron chi connectivity index (χ0n) is 87.8. The fraction of sp³-hybridized carbons (Fsp3) is 0.455. The van der Waals surface area contributed by atoms with Gasteiger partial charge in [-0.15, -0.1) is 0 Å². The maximum absolute atomic E-state index is 12.0. The van der Waals surface area contributed by atoms with Gasteiger partial charge in [-0.25, -0.2) is 34.3 Å². The molecule has 0 unspecified atom stereocenters. The highest BCUT2D eigenvalue weighted by atomic mass is 79.9. The number of pyridine rings is 2. The van der Waals surface area contributed by atoms with Gasteiger partial charge < -0.3 is 73.3 Å². The number of amides is 3. The lowest BCUT2D eigenvalue weighted by molar-refractivity contribution is -0.0577. The van der Waals surface area contributed by atoms with Crippen molar-refractivity contribution in [3.63, 3.8) is 0 Å². The van der Waals surface area contributed by atoms with Gasteiger partial charge in [0.15, 0.2) is 0 Å². The molecule has 5 saturated heterocycles. The van der Waals surface area contributed by atoms with Crippen molar-refractivity contribution in [1.82, 2.24) is 29.1 Å². The van der Waals surface area contributed by atoms with Crippen LogP contribution in [-0.4, -0.2) is 142 Å². The lowest BCUT2D eigenvalue weighted by Gasteiger charge is -2.40. The molecule has 5 aliphatic heterocycles. The fourth-order valence-corrected chi connectivity index (χ4v) is 17.6. The summed E-state index contributed by atoms with van der Waals surface area (Å²) < 4.78 is 55.5. The largest absolute Gasteiger partial charge is 0.494 e. The Morgan fingerprint density at radius 2 is 0.743 bits per heavy atom. The summed E-state index contributed by atoms with van der Waals surface area (Å²) in [7, 11) is 5.59. The van der Waals surface area contributed by atoms with Crippen molar-refractivity contribution in [2.45, 2.75) is 259 Å². The summed E-state index contributed by atoms with van der Waals surface area (Å²) in [6.45, 7) is 44.2. The highest BCUT2D eigenvalue weighted by molar-refractivity contribution is 9.10. The Kier molecular flexibility index (Phi) is 38.9. The number of anilines is 9. The number of rotatable bonds is 23. The van der Waals surface area contributed by atoms with Crippen molar-refractivity contribution in [3.8, 4) is 24.3 Å². The quantitative estimate of drug-likeness (QED) is 0.0197. The normalized spacial score (nSPS) is 15.5. The number of imidazole rings is 2. The Hall–Kier alpha value is -12.5. The minimum absolute atomic E-state index is 0.0909. The van der Waals surface area contributed by atoms with Gasteiger partial charge in [0.25, 0.3) is 0 Å². The van der Waals surface area contributed by atoms with Crippen LogP contribution in [0.2, 0.25) is 0 Å². The molecule has 764 valence electrons. The minimum atomic E-state index is -0.531. The number of benzene rings is 7. The van der Waals surface area contributed by atoms with Crippen molar-refractivity contribution in [2.24, 2.45) is 14.1 Å². The molecule has 0 aliphatic carbocycles. The number of fused-ring (bicyclic) bond motifs is 2. The van der Waals surface area contributed by atoms with Gasteiger partial charge in [0, 0.05) is 108 Å². The van der Waals surface area contributed by atoms with Crippen LogP contribution >= 0.6 is 31.9 Å². The minimum Gasteiger partial charge on any atom is -0.444 e. The summed E-state index contributed by atoms with van der Waals surface area (Å²) in [6, 6.07) is 55.6. The van der Waals surface area contributed by atoms with Gasteiger partial charge >= 0.3 is 25.4 Å². The van der Waals surface area contributed by atoms with E-state index < -0.39 is 42.2 Å². The Bertz CT molecular complexity index is 6460. The summed E-state index contributed by atoms with van der Waals surface area (Å²) in [4.78, 5) is 55.4. The summed E-state index contributed by atoms with van der Waals surface area (Å²) in [5.74, 6) is 1.68.